The van der Waals surface area contributed by atoms with E-state index in [-0.39, 0.29) is 18.1 Å². The van der Waals surface area contributed by atoms with Crippen LogP contribution in [0.2, 0.25) is 0 Å². The molecular weight excluding hydrogens is 622 g/mol. The molecule has 0 bridgehead atoms. The van der Waals surface area contributed by atoms with Gasteiger partial charge in [-0.25, -0.2) is 0 Å². The molecule has 49 heavy (non-hydrogen) atoms. The van der Waals surface area contributed by atoms with Crippen molar-refractivity contribution in [2.75, 3.05) is 13.2 Å². The number of hydrogen-bond acceptors (Lipinski definition) is 7. The average molecular weight is 682 g/mol. The van der Waals surface area contributed by atoms with Crippen molar-refractivity contribution in [3.8, 4) is 0 Å². The van der Waals surface area contributed by atoms with E-state index in [1.807, 2.05) is 30.3 Å². The van der Waals surface area contributed by atoms with E-state index in [1.54, 1.807) is 24.3 Å². The Hall–Kier alpha value is -4.21. The summed E-state index contributed by atoms with van der Waals surface area (Å²) in [7, 11) is 0. The third kappa shape index (κ3) is 24.6. The number of amides is 1. The van der Waals surface area contributed by atoms with Gasteiger partial charge in [0.25, 0.3) is 0 Å². The van der Waals surface area contributed by atoms with Crippen LogP contribution >= 0.6 is 0 Å². The number of ether oxygens (including phenoxy) is 1. The zero-order valence-electron chi connectivity index (χ0n) is 29.6. The first kappa shape index (κ1) is 44.8. The number of hydrogen-bond donors (Lipinski definition) is 2. The first-order valence-corrected chi connectivity index (χ1v) is 17.4. The van der Waals surface area contributed by atoms with Crippen LogP contribution < -0.4 is 5.32 Å². The van der Waals surface area contributed by atoms with Crippen LogP contribution in [0.3, 0.4) is 0 Å². The van der Waals surface area contributed by atoms with Crippen molar-refractivity contribution in [3.05, 3.63) is 110 Å². The standard InChI is InChI=1S/C34H49NO5.C4H6O3.C2H4/c1-2-3-4-5-6-7-8-9-10-11-12-14-19-31(26-32(36)37)34(39)35-24-25-40-27-28-20-22-30(23-21-28)33(38)29-17-15-13-16-18-29;1-3-5-7-6-4-2;1-2/h13,15-18,20-23,31H,2-12,14,19,24-27H2,1H3,(H,35,39)(H,36,37);3-4H,1-2H2;1-2H2. The van der Waals surface area contributed by atoms with Crippen molar-refractivity contribution in [3.63, 3.8) is 0 Å². The largest absolute Gasteiger partial charge is 0.481 e. The number of aliphatic carboxylic acids is 1. The van der Waals surface area contributed by atoms with Crippen molar-refractivity contribution >= 4 is 17.7 Å². The summed E-state index contributed by atoms with van der Waals surface area (Å²) in [5.41, 5.74) is 2.22. The lowest BCUT2D eigenvalue weighted by Gasteiger charge is -2.15. The van der Waals surface area contributed by atoms with Crippen molar-refractivity contribution in [1.29, 1.82) is 0 Å². The maximum Gasteiger partial charge on any atom is 0.304 e. The fourth-order valence-electron chi connectivity index (χ4n) is 4.94. The van der Waals surface area contributed by atoms with Crippen LogP contribution in [0.5, 0.6) is 0 Å². The molecule has 2 rings (SSSR count). The number of carboxylic acids is 1. The van der Waals surface area contributed by atoms with Gasteiger partial charge >= 0.3 is 5.97 Å². The highest BCUT2D eigenvalue weighted by Crippen LogP contribution is 2.17. The second-order valence-electron chi connectivity index (χ2n) is 11.3. The number of rotatable bonds is 27. The molecule has 2 N–H and O–H groups in total. The number of ketones is 1. The quantitative estimate of drug-likeness (QED) is 0.0239. The van der Waals surface area contributed by atoms with E-state index >= 15 is 0 Å². The Balaban J connectivity index is 0.00000227. The summed E-state index contributed by atoms with van der Waals surface area (Å²) >= 11 is 0. The average Bonchev–Trinajstić information content (AvgIpc) is 3.13. The third-order valence-corrected chi connectivity index (χ3v) is 7.48. The van der Waals surface area contributed by atoms with E-state index in [4.69, 9.17) is 4.74 Å². The molecule has 1 unspecified atom stereocenters. The first-order chi connectivity index (χ1) is 23.9. The van der Waals surface area contributed by atoms with Crippen LogP contribution in [0.15, 0.2) is 93.4 Å². The molecule has 1 amide bonds. The van der Waals surface area contributed by atoms with Crippen LogP contribution in [-0.4, -0.2) is 35.9 Å². The van der Waals surface area contributed by atoms with Crippen molar-refractivity contribution < 1.29 is 39.0 Å². The third-order valence-electron chi connectivity index (χ3n) is 7.48. The van der Waals surface area contributed by atoms with Gasteiger partial charge in [-0.3, -0.25) is 14.4 Å². The molecule has 0 saturated heterocycles. The Labute approximate surface area is 294 Å². The number of nitrogens with one attached hydrogen (secondary N) is 1. The van der Waals surface area contributed by atoms with E-state index < -0.39 is 11.9 Å². The van der Waals surface area contributed by atoms with Gasteiger partial charge in [0.05, 0.1) is 19.6 Å². The molecule has 9 heteroatoms. The van der Waals surface area contributed by atoms with E-state index in [2.05, 4.69) is 53.4 Å². The fraction of sp³-hybridized carbons (Fsp3) is 0.475. The highest BCUT2D eigenvalue weighted by atomic mass is 17.5. The second kappa shape index (κ2) is 32.3. The summed E-state index contributed by atoms with van der Waals surface area (Å²) < 4.78 is 5.68. The van der Waals surface area contributed by atoms with Gasteiger partial charge < -0.3 is 24.9 Å². The summed E-state index contributed by atoms with van der Waals surface area (Å²) in [5.74, 6) is -1.67. The highest BCUT2D eigenvalue weighted by Gasteiger charge is 2.21. The maximum absolute atomic E-state index is 12.6. The molecule has 0 spiro atoms. The van der Waals surface area contributed by atoms with Gasteiger partial charge in [0.15, 0.2) is 5.78 Å². The normalized spacial score (nSPS) is 10.6. The van der Waals surface area contributed by atoms with Crippen molar-refractivity contribution in [2.45, 2.75) is 103 Å². The monoisotopic (exact) mass is 681 g/mol. The molecule has 0 aliphatic rings. The zero-order chi connectivity index (χ0) is 36.4. The predicted octanol–water partition coefficient (Wildman–Crippen LogP) is 9.69. The highest BCUT2D eigenvalue weighted by molar-refractivity contribution is 6.08. The van der Waals surface area contributed by atoms with Crippen LogP contribution in [0.1, 0.15) is 118 Å². The lowest BCUT2D eigenvalue weighted by atomic mass is 9.96. The minimum Gasteiger partial charge on any atom is -0.481 e. The first-order valence-electron chi connectivity index (χ1n) is 17.4. The van der Waals surface area contributed by atoms with E-state index in [0.29, 0.717) is 37.3 Å². The van der Waals surface area contributed by atoms with E-state index in [1.165, 1.54) is 57.8 Å². The van der Waals surface area contributed by atoms with Gasteiger partial charge in [0.2, 0.25) is 5.91 Å². The lowest BCUT2D eigenvalue weighted by Crippen LogP contribution is -2.34. The number of carbonyl (C=O) groups is 3. The van der Waals surface area contributed by atoms with Crippen LogP contribution in [0.4, 0.5) is 0 Å². The zero-order valence-corrected chi connectivity index (χ0v) is 29.6. The summed E-state index contributed by atoms with van der Waals surface area (Å²) in [6.45, 7) is 15.6. The van der Waals surface area contributed by atoms with Gasteiger partial charge in [0, 0.05) is 28.6 Å². The van der Waals surface area contributed by atoms with Crippen molar-refractivity contribution in [1.82, 2.24) is 5.32 Å². The molecule has 2 aromatic carbocycles. The minimum atomic E-state index is -0.940. The number of unbranched alkanes of at least 4 members (excludes halogenated alkanes) is 11. The SMILES string of the molecule is C=C.C=COOOC=C.CCCCCCCCCCCCCCC(CC(=O)O)C(=O)NCCOCc1ccc(C(=O)c2ccccc2)cc1. The molecule has 2 aromatic rings. The molecule has 0 aromatic heterocycles. The maximum atomic E-state index is 12.6. The minimum absolute atomic E-state index is 0.0183. The van der Waals surface area contributed by atoms with Crippen LogP contribution in [-0.2, 0) is 35.7 Å². The van der Waals surface area contributed by atoms with Gasteiger partial charge in [0.1, 0.15) is 12.5 Å². The van der Waals surface area contributed by atoms with Gasteiger partial charge in [-0.15, -0.1) is 13.2 Å². The molecular formula is C40H59NO8. The topological polar surface area (TPSA) is 120 Å². The second-order valence-corrected chi connectivity index (χ2v) is 11.3. The van der Waals surface area contributed by atoms with Crippen LogP contribution in [0, 0.1) is 5.92 Å². The molecule has 272 valence electrons. The fourth-order valence-corrected chi connectivity index (χ4v) is 4.94. The Morgan fingerprint density at radius 3 is 1.78 bits per heavy atom. The Morgan fingerprint density at radius 1 is 0.755 bits per heavy atom. The molecule has 0 aliphatic heterocycles. The summed E-state index contributed by atoms with van der Waals surface area (Å²) in [4.78, 5) is 44.5. The predicted molar refractivity (Wildman–Crippen MR) is 195 cm³/mol. The molecule has 0 radical (unpaired) electrons. The molecule has 9 nitrogen and oxygen atoms in total. The lowest BCUT2D eigenvalue weighted by molar-refractivity contribution is -0.464. The number of carboxylic acid groups (broad SMARTS) is 1. The summed E-state index contributed by atoms with van der Waals surface area (Å²) in [6, 6.07) is 16.5. The summed E-state index contributed by atoms with van der Waals surface area (Å²) in [6.07, 6.45) is 17.5. The van der Waals surface area contributed by atoms with E-state index in [0.717, 1.165) is 37.4 Å². The number of benzene rings is 2. The van der Waals surface area contributed by atoms with E-state index in [9.17, 15) is 19.5 Å². The van der Waals surface area contributed by atoms with Gasteiger partial charge in [-0.1, -0.05) is 152 Å². The van der Waals surface area contributed by atoms with Crippen molar-refractivity contribution in [2.24, 2.45) is 5.92 Å². The Morgan fingerprint density at radius 2 is 1.27 bits per heavy atom. The smallest absolute Gasteiger partial charge is 0.304 e. The van der Waals surface area contributed by atoms with Gasteiger partial charge in [-0.05, 0) is 12.0 Å². The summed E-state index contributed by atoms with van der Waals surface area (Å²) in [5, 5.41) is 16.0. The Kier molecular flexibility index (Phi) is 29.6. The Bertz CT molecular complexity index is 1130. The molecule has 0 heterocycles. The molecule has 0 fully saturated rings. The van der Waals surface area contributed by atoms with Gasteiger partial charge in [-0.2, -0.15) is 0 Å². The molecule has 1 atom stereocenters. The molecule has 0 aliphatic carbocycles. The number of carbonyl (C=O) groups excluding carboxylic acids is 2. The molecule has 0 saturated carbocycles. The van der Waals surface area contributed by atoms with Crippen LogP contribution in [0.25, 0.3) is 0 Å².